The molecule has 21 heavy (non-hydrogen) atoms. The normalized spacial score (nSPS) is 10.7. The average Bonchev–Trinajstić information content (AvgIpc) is 2.90. The van der Waals surface area contributed by atoms with Crippen LogP contribution in [0, 0.1) is 0 Å². The van der Waals surface area contributed by atoms with E-state index in [-0.39, 0.29) is 0 Å². The number of rotatable bonds is 4. The molecule has 0 bridgehead atoms. The maximum Gasteiger partial charge on any atom is 0.119 e. The van der Waals surface area contributed by atoms with E-state index in [9.17, 15) is 0 Å². The molecule has 0 atom stereocenters. The molecule has 0 saturated heterocycles. The molecule has 0 saturated carbocycles. The largest absolute Gasteiger partial charge is 0.497 e. The van der Waals surface area contributed by atoms with Crippen molar-refractivity contribution < 1.29 is 4.74 Å². The predicted molar refractivity (Wildman–Crippen MR) is 89.9 cm³/mol. The number of benzene rings is 2. The van der Waals surface area contributed by atoms with Crippen LogP contribution in [0.3, 0.4) is 0 Å². The van der Waals surface area contributed by atoms with Gasteiger partial charge in [-0.15, -0.1) is 0 Å². The topological polar surface area (TPSA) is 40.2 Å². The van der Waals surface area contributed by atoms with Crippen molar-refractivity contribution in [1.82, 2.24) is 4.57 Å². The van der Waals surface area contributed by atoms with E-state index < -0.39 is 0 Å². The smallest absolute Gasteiger partial charge is 0.119 e. The first kappa shape index (κ1) is 13.6. The van der Waals surface area contributed by atoms with E-state index in [4.69, 9.17) is 22.7 Å². The molecule has 3 aromatic rings. The summed E-state index contributed by atoms with van der Waals surface area (Å²) in [6.07, 6.45) is 2.08. The van der Waals surface area contributed by atoms with Gasteiger partial charge in [0.15, 0.2) is 0 Å². The highest BCUT2D eigenvalue weighted by Crippen LogP contribution is 2.20. The lowest BCUT2D eigenvalue weighted by molar-refractivity contribution is 0.414. The zero-order chi connectivity index (χ0) is 14.8. The number of methoxy groups -OCH3 is 1. The maximum absolute atomic E-state index is 5.68. The van der Waals surface area contributed by atoms with E-state index in [2.05, 4.69) is 35.0 Å². The molecule has 3 nitrogen and oxygen atoms in total. The molecular weight excluding hydrogens is 280 g/mol. The molecule has 2 N–H and O–H groups in total. The Morgan fingerprint density at radius 3 is 2.81 bits per heavy atom. The van der Waals surface area contributed by atoms with Gasteiger partial charge in [-0.2, -0.15) is 0 Å². The summed E-state index contributed by atoms with van der Waals surface area (Å²) in [6.45, 7) is 0.799. The minimum absolute atomic E-state index is 0.428. The molecule has 0 unspecified atom stereocenters. The summed E-state index contributed by atoms with van der Waals surface area (Å²) < 4.78 is 7.47. The van der Waals surface area contributed by atoms with Crippen LogP contribution in [-0.4, -0.2) is 16.7 Å². The SMILES string of the molecule is COc1cccc(Cn2ccc3cc(C(N)=S)ccc32)c1. The molecule has 0 radical (unpaired) electrons. The number of nitrogens with zero attached hydrogens (tertiary/aromatic N) is 1. The Hall–Kier alpha value is -2.33. The number of aromatic nitrogens is 1. The second-order valence-corrected chi connectivity index (χ2v) is 5.37. The third kappa shape index (κ3) is 2.76. The van der Waals surface area contributed by atoms with Crippen LogP contribution in [0.4, 0.5) is 0 Å². The van der Waals surface area contributed by atoms with Gasteiger partial charge in [0.05, 0.1) is 7.11 Å². The van der Waals surface area contributed by atoms with E-state index in [0.717, 1.165) is 28.8 Å². The average molecular weight is 296 g/mol. The molecule has 0 aliphatic heterocycles. The summed E-state index contributed by atoms with van der Waals surface area (Å²) >= 11 is 5.02. The molecule has 0 aliphatic carbocycles. The predicted octanol–water partition coefficient (Wildman–Crippen LogP) is 3.33. The van der Waals surface area contributed by atoms with Gasteiger partial charge in [0.1, 0.15) is 10.7 Å². The van der Waals surface area contributed by atoms with Crippen molar-refractivity contribution in [3.63, 3.8) is 0 Å². The molecule has 0 amide bonds. The summed E-state index contributed by atoms with van der Waals surface area (Å²) in [5, 5.41) is 1.14. The summed E-state index contributed by atoms with van der Waals surface area (Å²) in [5.41, 5.74) is 8.94. The first-order valence-electron chi connectivity index (χ1n) is 6.69. The van der Waals surface area contributed by atoms with Crippen molar-refractivity contribution in [3.8, 4) is 5.75 Å². The molecule has 2 aromatic carbocycles. The third-order valence-electron chi connectivity index (χ3n) is 3.54. The molecule has 0 fully saturated rings. The number of hydrogen-bond donors (Lipinski definition) is 1. The first-order valence-corrected chi connectivity index (χ1v) is 7.10. The Kier molecular flexibility index (Phi) is 3.62. The quantitative estimate of drug-likeness (QED) is 0.751. The lowest BCUT2D eigenvalue weighted by Crippen LogP contribution is -2.08. The monoisotopic (exact) mass is 296 g/mol. The number of hydrogen-bond acceptors (Lipinski definition) is 2. The molecule has 1 aromatic heterocycles. The fraction of sp³-hybridized carbons (Fsp3) is 0.118. The molecule has 0 spiro atoms. The number of thiocarbonyl (C=S) groups is 1. The highest BCUT2D eigenvalue weighted by atomic mass is 32.1. The highest BCUT2D eigenvalue weighted by Gasteiger charge is 2.05. The second kappa shape index (κ2) is 5.58. The van der Waals surface area contributed by atoms with Gasteiger partial charge in [-0.25, -0.2) is 0 Å². The Bertz CT molecular complexity index is 807. The van der Waals surface area contributed by atoms with Crippen LogP contribution in [0.15, 0.2) is 54.7 Å². The van der Waals surface area contributed by atoms with Crippen LogP contribution in [0.1, 0.15) is 11.1 Å². The van der Waals surface area contributed by atoms with Gasteiger partial charge in [-0.05, 0) is 42.0 Å². The van der Waals surface area contributed by atoms with Crippen LogP contribution in [-0.2, 0) is 6.54 Å². The van der Waals surface area contributed by atoms with Gasteiger partial charge in [-0.3, -0.25) is 0 Å². The van der Waals surface area contributed by atoms with Gasteiger partial charge < -0.3 is 15.0 Å². The summed E-state index contributed by atoms with van der Waals surface area (Å²) in [7, 11) is 1.68. The standard InChI is InChI=1S/C17H16N2OS/c1-20-15-4-2-3-12(9-15)11-19-8-7-13-10-14(17(18)21)5-6-16(13)19/h2-10H,11H2,1H3,(H2,18,21). The van der Waals surface area contributed by atoms with E-state index >= 15 is 0 Å². The Balaban J connectivity index is 1.95. The highest BCUT2D eigenvalue weighted by molar-refractivity contribution is 7.80. The molecule has 106 valence electrons. The Morgan fingerprint density at radius 1 is 1.19 bits per heavy atom. The summed E-state index contributed by atoms with van der Waals surface area (Å²) in [5.74, 6) is 0.875. The molecule has 4 heteroatoms. The maximum atomic E-state index is 5.68. The summed E-state index contributed by atoms with van der Waals surface area (Å²) in [4.78, 5) is 0.428. The van der Waals surface area contributed by atoms with Crippen molar-refractivity contribution in [1.29, 1.82) is 0 Å². The van der Waals surface area contributed by atoms with Gasteiger partial charge in [0.25, 0.3) is 0 Å². The Morgan fingerprint density at radius 2 is 2.05 bits per heavy atom. The van der Waals surface area contributed by atoms with Crippen LogP contribution < -0.4 is 10.5 Å². The number of fused-ring (bicyclic) bond motifs is 1. The lowest BCUT2D eigenvalue weighted by atomic mass is 10.1. The first-order chi connectivity index (χ1) is 10.2. The van der Waals surface area contributed by atoms with Crippen LogP contribution in [0.5, 0.6) is 5.75 Å². The molecule has 1 heterocycles. The number of nitrogens with two attached hydrogens (primary N) is 1. The second-order valence-electron chi connectivity index (χ2n) is 4.93. The van der Waals surface area contributed by atoms with E-state index in [1.54, 1.807) is 7.11 Å². The van der Waals surface area contributed by atoms with Crippen molar-refractivity contribution in [2.45, 2.75) is 6.54 Å². The van der Waals surface area contributed by atoms with Crippen LogP contribution in [0.25, 0.3) is 10.9 Å². The zero-order valence-electron chi connectivity index (χ0n) is 11.7. The minimum atomic E-state index is 0.428. The van der Waals surface area contributed by atoms with E-state index in [1.165, 1.54) is 5.56 Å². The van der Waals surface area contributed by atoms with E-state index in [0.29, 0.717) is 4.99 Å². The van der Waals surface area contributed by atoms with Gasteiger partial charge in [0, 0.05) is 29.2 Å². The van der Waals surface area contributed by atoms with E-state index in [1.807, 2.05) is 24.3 Å². The third-order valence-corrected chi connectivity index (χ3v) is 3.78. The van der Waals surface area contributed by atoms with Crippen LogP contribution >= 0.6 is 12.2 Å². The van der Waals surface area contributed by atoms with Crippen molar-refractivity contribution >= 4 is 28.1 Å². The lowest BCUT2D eigenvalue weighted by Gasteiger charge is -2.08. The van der Waals surface area contributed by atoms with Crippen LogP contribution in [0.2, 0.25) is 0 Å². The zero-order valence-corrected chi connectivity index (χ0v) is 12.6. The van der Waals surface area contributed by atoms with Crippen molar-refractivity contribution in [2.75, 3.05) is 7.11 Å². The molecular formula is C17H16N2OS. The fourth-order valence-electron chi connectivity index (χ4n) is 2.46. The minimum Gasteiger partial charge on any atom is -0.497 e. The fourth-order valence-corrected chi connectivity index (χ4v) is 2.59. The number of ether oxygens (including phenoxy) is 1. The molecule has 0 aliphatic rings. The molecule has 3 rings (SSSR count). The Labute approximate surface area is 128 Å². The van der Waals surface area contributed by atoms with Gasteiger partial charge in [0.2, 0.25) is 0 Å². The van der Waals surface area contributed by atoms with Crippen molar-refractivity contribution in [3.05, 3.63) is 65.9 Å². The summed E-state index contributed by atoms with van der Waals surface area (Å²) in [6, 6.07) is 16.2. The van der Waals surface area contributed by atoms with Gasteiger partial charge in [-0.1, -0.05) is 24.4 Å². The van der Waals surface area contributed by atoms with Crippen molar-refractivity contribution in [2.24, 2.45) is 5.73 Å². The van der Waals surface area contributed by atoms with Gasteiger partial charge >= 0.3 is 0 Å².